The zero-order valence-electron chi connectivity index (χ0n) is 18.3. The van der Waals surface area contributed by atoms with Gasteiger partial charge in [-0.05, 0) is 32.6 Å². The summed E-state index contributed by atoms with van der Waals surface area (Å²) in [7, 11) is 0. The van der Waals surface area contributed by atoms with Crippen molar-refractivity contribution < 1.29 is 0 Å². The number of H-pyrrole nitrogens is 2. The lowest BCUT2D eigenvalue weighted by Gasteiger charge is -2.45. The molecule has 1 aliphatic heterocycles. The number of hydrogen-bond donors (Lipinski definition) is 4. The van der Waals surface area contributed by atoms with Crippen molar-refractivity contribution in [2.75, 3.05) is 17.2 Å². The van der Waals surface area contributed by atoms with Crippen molar-refractivity contribution in [3.05, 3.63) is 18.0 Å². The second-order valence-electron chi connectivity index (χ2n) is 8.17. The molecule has 0 saturated carbocycles. The average molecular weight is 423 g/mol. The number of nitriles is 1. The van der Waals surface area contributed by atoms with Gasteiger partial charge in [0.15, 0.2) is 11.5 Å². The number of nitrogens with zero attached hydrogens (tertiary/aromatic N) is 6. The SMILES string of the molecule is CCC1CC(Nc2nc(Nc3cc(C)[nH]n3)nc3[nH]ncc23)CC(CC)N1CCC#N. The Morgan fingerprint density at radius 2 is 1.97 bits per heavy atom. The fourth-order valence-corrected chi connectivity index (χ4v) is 4.58. The summed E-state index contributed by atoms with van der Waals surface area (Å²) in [6.45, 7) is 7.25. The molecule has 3 aromatic heterocycles. The van der Waals surface area contributed by atoms with Gasteiger partial charge in [-0.3, -0.25) is 15.1 Å². The van der Waals surface area contributed by atoms with Crippen molar-refractivity contribution in [2.24, 2.45) is 0 Å². The number of aryl methyl sites for hydroxylation is 1. The highest BCUT2D eigenvalue weighted by Gasteiger charge is 2.34. The first-order valence-electron chi connectivity index (χ1n) is 11.0. The standard InChI is InChI=1S/C21H30N10/c1-4-15-10-14(11-16(5-2)31(15)8-6-7-22)24-19-17-12-23-30-20(17)27-21(26-19)25-18-9-13(3)28-29-18/h9,12,14-16H,4-6,8,10-11H2,1-3H3,(H4,23,24,25,26,27,28,29,30). The van der Waals surface area contributed by atoms with Crippen LogP contribution < -0.4 is 10.6 Å². The van der Waals surface area contributed by atoms with E-state index >= 15 is 0 Å². The van der Waals surface area contributed by atoms with E-state index in [9.17, 15) is 0 Å². The number of nitrogens with one attached hydrogen (secondary N) is 4. The Morgan fingerprint density at radius 1 is 1.19 bits per heavy atom. The molecule has 3 aromatic rings. The van der Waals surface area contributed by atoms with Crippen molar-refractivity contribution in [1.82, 2.24) is 35.3 Å². The second kappa shape index (κ2) is 9.31. The lowest BCUT2D eigenvalue weighted by atomic mass is 9.88. The molecule has 1 aliphatic rings. The van der Waals surface area contributed by atoms with Crippen LogP contribution in [0.5, 0.6) is 0 Å². The fraction of sp³-hybridized carbons (Fsp3) is 0.571. The summed E-state index contributed by atoms with van der Waals surface area (Å²) in [5, 5.41) is 31.0. The van der Waals surface area contributed by atoms with Crippen LogP contribution in [0.4, 0.5) is 17.6 Å². The molecule has 4 rings (SSSR count). The molecule has 0 spiro atoms. The molecule has 0 radical (unpaired) electrons. The summed E-state index contributed by atoms with van der Waals surface area (Å²) in [5.74, 6) is 1.91. The molecule has 164 valence electrons. The third-order valence-corrected chi connectivity index (χ3v) is 6.07. The van der Waals surface area contributed by atoms with Gasteiger partial charge in [-0.15, -0.1) is 0 Å². The van der Waals surface area contributed by atoms with Crippen LogP contribution in [0.3, 0.4) is 0 Å². The molecule has 4 heterocycles. The molecule has 1 fully saturated rings. The minimum atomic E-state index is 0.293. The molecule has 0 aliphatic carbocycles. The molecule has 0 amide bonds. The summed E-state index contributed by atoms with van der Waals surface area (Å²) in [5.41, 5.74) is 1.64. The molecular formula is C21H30N10. The summed E-state index contributed by atoms with van der Waals surface area (Å²) < 4.78 is 0. The van der Waals surface area contributed by atoms with Gasteiger partial charge in [0, 0.05) is 42.9 Å². The number of rotatable bonds is 8. The first-order chi connectivity index (χ1) is 15.1. The summed E-state index contributed by atoms with van der Waals surface area (Å²) >= 11 is 0. The van der Waals surface area contributed by atoms with Crippen LogP contribution >= 0.6 is 0 Å². The van der Waals surface area contributed by atoms with Crippen LogP contribution in [0.1, 0.15) is 51.6 Å². The molecule has 31 heavy (non-hydrogen) atoms. The van der Waals surface area contributed by atoms with Gasteiger partial charge in [-0.2, -0.15) is 25.4 Å². The van der Waals surface area contributed by atoms with E-state index in [-0.39, 0.29) is 0 Å². The fourth-order valence-electron chi connectivity index (χ4n) is 4.58. The normalized spacial score (nSPS) is 21.8. The second-order valence-corrected chi connectivity index (χ2v) is 8.17. The third-order valence-electron chi connectivity index (χ3n) is 6.07. The van der Waals surface area contributed by atoms with Gasteiger partial charge in [0.05, 0.1) is 17.7 Å². The Morgan fingerprint density at radius 3 is 2.61 bits per heavy atom. The molecule has 2 atom stereocenters. The number of likely N-dealkylation sites (tertiary alicyclic amines) is 1. The molecule has 2 unspecified atom stereocenters. The summed E-state index contributed by atoms with van der Waals surface area (Å²) in [6.07, 6.45) is 6.50. The van der Waals surface area contributed by atoms with Gasteiger partial charge in [0.25, 0.3) is 0 Å². The van der Waals surface area contributed by atoms with Crippen LogP contribution in [-0.4, -0.2) is 59.9 Å². The predicted molar refractivity (Wildman–Crippen MR) is 120 cm³/mol. The van der Waals surface area contributed by atoms with E-state index in [0.717, 1.165) is 49.1 Å². The molecule has 0 aromatic carbocycles. The lowest BCUT2D eigenvalue weighted by molar-refractivity contribution is 0.0735. The van der Waals surface area contributed by atoms with Crippen molar-refractivity contribution >= 4 is 28.6 Å². The predicted octanol–water partition coefficient (Wildman–Crippen LogP) is 3.48. The number of aromatic amines is 2. The Bertz CT molecular complexity index is 1030. The van der Waals surface area contributed by atoms with E-state index in [2.05, 4.69) is 60.8 Å². The molecule has 4 N–H and O–H groups in total. The quantitative estimate of drug-likeness (QED) is 0.433. The van der Waals surface area contributed by atoms with E-state index in [4.69, 9.17) is 10.2 Å². The smallest absolute Gasteiger partial charge is 0.232 e. The number of piperidine rings is 1. The molecule has 1 saturated heterocycles. The van der Waals surface area contributed by atoms with Gasteiger partial charge < -0.3 is 10.6 Å². The van der Waals surface area contributed by atoms with Crippen molar-refractivity contribution in [3.63, 3.8) is 0 Å². The Balaban J connectivity index is 1.56. The molecule has 10 nitrogen and oxygen atoms in total. The highest BCUT2D eigenvalue weighted by molar-refractivity contribution is 5.87. The minimum Gasteiger partial charge on any atom is -0.366 e. The van der Waals surface area contributed by atoms with E-state index in [1.165, 1.54) is 0 Å². The molecular weight excluding hydrogens is 392 g/mol. The van der Waals surface area contributed by atoms with Gasteiger partial charge in [-0.25, -0.2) is 0 Å². The number of aromatic nitrogens is 6. The van der Waals surface area contributed by atoms with Crippen molar-refractivity contribution in [2.45, 2.75) is 71.0 Å². The zero-order valence-corrected chi connectivity index (χ0v) is 18.3. The van der Waals surface area contributed by atoms with Gasteiger partial charge in [0.2, 0.25) is 5.95 Å². The van der Waals surface area contributed by atoms with Crippen molar-refractivity contribution in [3.8, 4) is 6.07 Å². The Labute approximate surface area is 181 Å². The summed E-state index contributed by atoms with van der Waals surface area (Å²) in [6, 6.07) is 5.41. The Kier molecular flexibility index (Phi) is 6.32. The molecule has 10 heteroatoms. The number of hydrogen-bond acceptors (Lipinski definition) is 8. The Hall–Kier alpha value is -3.19. The first-order valence-corrected chi connectivity index (χ1v) is 11.0. The van der Waals surface area contributed by atoms with Crippen LogP contribution in [0.2, 0.25) is 0 Å². The van der Waals surface area contributed by atoms with E-state index < -0.39 is 0 Å². The van der Waals surface area contributed by atoms with Gasteiger partial charge in [-0.1, -0.05) is 13.8 Å². The molecule has 0 bridgehead atoms. The monoisotopic (exact) mass is 422 g/mol. The van der Waals surface area contributed by atoms with E-state index in [1.54, 1.807) is 6.20 Å². The van der Waals surface area contributed by atoms with Gasteiger partial charge >= 0.3 is 0 Å². The third kappa shape index (κ3) is 4.61. The largest absolute Gasteiger partial charge is 0.366 e. The van der Waals surface area contributed by atoms with Crippen LogP contribution in [0, 0.1) is 18.3 Å². The minimum absolute atomic E-state index is 0.293. The highest BCUT2D eigenvalue weighted by Crippen LogP contribution is 2.31. The summed E-state index contributed by atoms with van der Waals surface area (Å²) in [4.78, 5) is 11.8. The maximum atomic E-state index is 9.05. The first kappa shape index (κ1) is 21.1. The highest BCUT2D eigenvalue weighted by atomic mass is 15.3. The number of fused-ring (bicyclic) bond motifs is 1. The maximum absolute atomic E-state index is 9.05. The topological polar surface area (TPSA) is 134 Å². The zero-order chi connectivity index (χ0) is 21.8. The van der Waals surface area contributed by atoms with E-state index in [0.29, 0.717) is 42.0 Å². The number of anilines is 3. The average Bonchev–Trinajstić information content (AvgIpc) is 3.41. The maximum Gasteiger partial charge on any atom is 0.232 e. The van der Waals surface area contributed by atoms with E-state index in [1.807, 2.05) is 13.0 Å². The van der Waals surface area contributed by atoms with Crippen LogP contribution in [0.25, 0.3) is 11.0 Å². The van der Waals surface area contributed by atoms with Crippen LogP contribution in [-0.2, 0) is 0 Å². The lowest BCUT2D eigenvalue weighted by Crippen LogP contribution is -2.52. The van der Waals surface area contributed by atoms with Crippen molar-refractivity contribution in [1.29, 1.82) is 5.26 Å². The van der Waals surface area contributed by atoms with Gasteiger partial charge in [0.1, 0.15) is 5.82 Å². The van der Waals surface area contributed by atoms with Crippen LogP contribution in [0.15, 0.2) is 12.3 Å².